The Kier molecular flexibility index (Phi) is 14.7. The molecule has 0 aliphatic heterocycles. The highest BCUT2D eigenvalue weighted by atomic mass is 28.3. The van der Waals surface area contributed by atoms with E-state index in [0.29, 0.717) is 0 Å². The minimum atomic E-state index is -1.09. The van der Waals surface area contributed by atoms with Gasteiger partial charge in [-0.25, -0.2) is 0 Å². The molecular weight excluding hydrogens is 272 g/mol. The molecule has 0 heterocycles. The summed E-state index contributed by atoms with van der Waals surface area (Å²) >= 11 is 0. The predicted octanol–water partition coefficient (Wildman–Crippen LogP) is 4.74. The molecule has 0 saturated heterocycles. The quantitative estimate of drug-likeness (QED) is 0.338. The van der Waals surface area contributed by atoms with Crippen molar-refractivity contribution in [3.63, 3.8) is 0 Å². The molecule has 0 spiro atoms. The number of unbranched alkanes of at least 4 members (excludes halogenated alkanes) is 2. The lowest BCUT2D eigenvalue weighted by Crippen LogP contribution is -2.53. The van der Waals surface area contributed by atoms with Crippen LogP contribution in [0.15, 0.2) is 11.8 Å². The van der Waals surface area contributed by atoms with Gasteiger partial charge in [-0.15, -0.1) is 0 Å². The lowest BCUT2D eigenvalue weighted by molar-refractivity contribution is 0.346. The maximum atomic E-state index is 2.81. The highest BCUT2D eigenvalue weighted by molar-refractivity contribution is 6.58. The van der Waals surface area contributed by atoms with Gasteiger partial charge >= 0.3 is 0 Å². The summed E-state index contributed by atoms with van der Waals surface area (Å²) in [5, 5.41) is 0. The summed E-state index contributed by atoms with van der Waals surface area (Å²) in [6.45, 7) is 16.6. The average molecular weight is 313 g/mol. The van der Waals surface area contributed by atoms with Crippen molar-refractivity contribution in [1.29, 1.82) is 0 Å². The zero-order valence-corrected chi connectivity index (χ0v) is 16.6. The van der Waals surface area contributed by atoms with Crippen LogP contribution in [-0.4, -0.2) is 44.4 Å². The molecule has 3 heteroatoms. The molecule has 0 unspecified atom stereocenters. The van der Waals surface area contributed by atoms with Crippen LogP contribution < -0.4 is 0 Å². The Morgan fingerprint density at radius 3 is 1.43 bits per heavy atom. The van der Waals surface area contributed by atoms with Crippen LogP contribution in [0.3, 0.4) is 0 Å². The van der Waals surface area contributed by atoms with Gasteiger partial charge in [0.2, 0.25) is 9.12 Å². The Morgan fingerprint density at radius 1 is 0.667 bits per heavy atom. The van der Waals surface area contributed by atoms with E-state index in [4.69, 9.17) is 0 Å². The van der Waals surface area contributed by atoms with Crippen molar-refractivity contribution >= 4 is 9.12 Å². The molecular formula is C18H40N2Si. The molecule has 0 N–H and O–H groups in total. The second kappa shape index (κ2) is 14.8. The van der Waals surface area contributed by atoms with Crippen LogP contribution in [0.25, 0.3) is 0 Å². The Balaban J connectivity index is 4.94. The van der Waals surface area contributed by atoms with Gasteiger partial charge in [0.25, 0.3) is 0 Å². The first kappa shape index (κ1) is 20.9. The molecule has 2 nitrogen and oxygen atoms in total. The number of allylic oxidation sites excluding steroid dienone is 1. The molecule has 0 bridgehead atoms. The fourth-order valence-corrected chi connectivity index (χ4v) is 6.39. The van der Waals surface area contributed by atoms with E-state index in [1.807, 2.05) is 0 Å². The third-order valence-electron chi connectivity index (χ3n) is 3.82. The normalized spacial score (nSPS) is 12.4. The summed E-state index contributed by atoms with van der Waals surface area (Å²) in [4.78, 5) is 0. The topological polar surface area (TPSA) is 6.48 Å². The van der Waals surface area contributed by atoms with E-state index in [1.165, 1.54) is 71.1 Å². The van der Waals surface area contributed by atoms with Crippen LogP contribution in [0.4, 0.5) is 0 Å². The van der Waals surface area contributed by atoms with Gasteiger partial charge in [-0.05, 0) is 58.3 Å². The lowest BCUT2D eigenvalue weighted by atomic mass is 10.2. The van der Waals surface area contributed by atoms with E-state index in [2.05, 4.69) is 55.5 Å². The maximum Gasteiger partial charge on any atom is 0.215 e. The summed E-state index contributed by atoms with van der Waals surface area (Å²) in [6, 6.07) is 0. The van der Waals surface area contributed by atoms with Crippen LogP contribution >= 0.6 is 0 Å². The van der Waals surface area contributed by atoms with E-state index in [9.17, 15) is 0 Å². The second-order valence-electron chi connectivity index (χ2n) is 6.06. The van der Waals surface area contributed by atoms with E-state index in [-0.39, 0.29) is 0 Å². The average Bonchev–Trinajstić information content (AvgIpc) is 2.47. The van der Waals surface area contributed by atoms with Crippen LogP contribution in [0.2, 0.25) is 0 Å². The molecule has 0 aromatic rings. The highest BCUT2D eigenvalue weighted by Gasteiger charge is 2.23. The van der Waals surface area contributed by atoms with Crippen molar-refractivity contribution in [2.24, 2.45) is 0 Å². The molecule has 126 valence electrons. The minimum Gasteiger partial charge on any atom is -0.311 e. The highest BCUT2D eigenvalue weighted by Crippen LogP contribution is 2.09. The van der Waals surface area contributed by atoms with E-state index >= 15 is 0 Å². The first-order chi connectivity index (χ1) is 10.2. The minimum absolute atomic E-state index is 1.09. The molecule has 0 saturated carbocycles. The third-order valence-corrected chi connectivity index (χ3v) is 6.97. The Labute approximate surface area is 136 Å². The lowest BCUT2D eigenvalue weighted by Gasteiger charge is -2.36. The molecule has 0 aliphatic rings. The van der Waals surface area contributed by atoms with Crippen molar-refractivity contribution in [2.45, 2.75) is 79.6 Å². The zero-order chi connectivity index (χ0) is 15.9. The van der Waals surface area contributed by atoms with Gasteiger partial charge in [0.15, 0.2) is 0 Å². The number of hydrogen-bond donors (Lipinski definition) is 0. The number of rotatable bonds is 14. The largest absolute Gasteiger partial charge is 0.311 e. The van der Waals surface area contributed by atoms with Crippen LogP contribution in [0, 0.1) is 0 Å². The van der Waals surface area contributed by atoms with Crippen LogP contribution in [0.5, 0.6) is 0 Å². The Hall–Kier alpha value is -0.123. The van der Waals surface area contributed by atoms with Crippen molar-refractivity contribution in [3.8, 4) is 0 Å². The van der Waals surface area contributed by atoms with Gasteiger partial charge in [-0.3, -0.25) is 0 Å². The molecule has 0 radical (unpaired) electrons. The fraction of sp³-hybridized carbons (Fsp3) is 0.889. The van der Waals surface area contributed by atoms with Gasteiger partial charge < -0.3 is 9.13 Å². The van der Waals surface area contributed by atoms with E-state index in [0.717, 1.165) is 0 Å². The molecule has 0 fully saturated rings. The summed E-state index contributed by atoms with van der Waals surface area (Å²) in [7, 11) is -1.09. The molecule has 0 rings (SSSR count). The fourth-order valence-electron chi connectivity index (χ4n) is 2.92. The molecule has 0 aliphatic carbocycles. The monoisotopic (exact) mass is 312 g/mol. The number of hydrogen-bond acceptors (Lipinski definition) is 2. The molecule has 0 aromatic heterocycles. The van der Waals surface area contributed by atoms with Crippen molar-refractivity contribution < 1.29 is 0 Å². The summed E-state index contributed by atoms with van der Waals surface area (Å²) < 4.78 is 5.63. The van der Waals surface area contributed by atoms with E-state index in [1.54, 1.807) is 0 Å². The molecule has 0 atom stereocenters. The van der Waals surface area contributed by atoms with Crippen molar-refractivity contribution in [2.75, 3.05) is 26.2 Å². The Morgan fingerprint density at radius 2 is 1.10 bits per heavy atom. The smallest absolute Gasteiger partial charge is 0.215 e. The Bertz CT molecular complexity index is 215. The zero-order valence-electron chi connectivity index (χ0n) is 15.4. The van der Waals surface area contributed by atoms with Crippen molar-refractivity contribution in [3.05, 3.63) is 11.8 Å². The van der Waals surface area contributed by atoms with Crippen LogP contribution in [0.1, 0.15) is 79.6 Å². The van der Waals surface area contributed by atoms with Gasteiger partial charge in [-0.2, -0.15) is 0 Å². The molecule has 21 heavy (non-hydrogen) atoms. The van der Waals surface area contributed by atoms with Crippen molar-refractivity contribution in [1.82, 2.24) is 9.13 Å². The van der Waals surface area contributed by atoms with Gasteiger partial charge in [0.1, 0.15) is 0 Å². The summed E-state index contributed by atoms with van der Waals surface area (Å²) in [6.07, 6.45) is 11.5. The first-order valence-corrected chi connectivity index (χ1v) is 11.1. The first-order valence-electron chi connectivity index (χ1n) is 9.39. The predicted molar refractivity (Wildman–Crippen MR) is 100 cm³/mol. The second-order valence-corrected chi connectivity index (χ2v) is 8.73. The van der Waals surface area contributed by atoms with Gasteiger partial charge in [0, 0.05) is 0 Å². The molecule has 0 aromatic carbocycles. The van der Waals surface area contributed by atoms with Crippen LogP contribution in [-0.2, 0) is 0 Å². The number of nitrogens with zero attached hydrogens (tertiary/aromatic N) is 2. The summed E-state index contributed by atoms with van der Waals surface area (Å²) in [5.41, 5.74) is 2.62. The van der Waals surface area contributed by atoms with Gasteiger partial charge in [-0.1, -0.05) is 59.2 Å². The standard InChI is InChI=1S/C18H40N2Si/c1-6-11-12-13-18-21(19(14-7-2)15-8-3)20(16-9-4)17-10-5/h13,18,21H,6-12,14-17H2,1-5H3. The SMILES string of the molecule is CCCCC=C[SiH](N(CCC)CCC)N(CCC)CCC. The molecule has 0 amide bonds. The maximum absolute atomic E-state index is 2.81. The van der Waals surface area contributed by atoms with E-state index < -0.39 is 9.12 Å². The summed E-state index contributed by atoms with van der Waals surface area (Å²) in [5.74, 6) is 0. The third kappa shape index (κ3) is 9.49. The van der Waals surface area contributed by atoms with Gasteiger partial charge in [0.05, 0.1) is 0 Å².